The van der Waals surface area contributed by atoms with Gasteiger partial charge in [0.05, 0.1) is 17.7 Å². The molecule has 146 valence electrons. The molecule has 5 heteroatoms. The Morgan fingerprint density at radius 2 is 1.46 bits per heavy atom. The van der Waals surface area contributed by atoms with Crippen LogP contribution in [0.15, 0.2) is 24.3 Å². The van der Waals surface area contributed by atoms with Gasteiger partial charge in [0.2, 0.25) is 0 Å². The highest BCUT2D eigenvalue weighted by molar-refractivity contribution is 6.75. The van der Waals surface area contributed by atoms with Gasteiger partial charge in [0.15, 0.2) is 0 Å². The molecule has 1 aromatic rings. The lowest BCUT2D eigenvalue weighted by Crippen LogP contribution is -2.42. The van der Waals surface area contributed by atoms with Crippen LogP contribution in [0.25, 0.3) is 0 Å². The molecule has 1 rings (SSSR count). The molecular formula is C21H34O4Si. The minimum Gasteiger partial charge on any atom is -0.516 e. The number of hydrogen-bond acceptors (Lipinski definition) is 4. The van der Waals surface area contributed by atoms with Crippen molar-refractivity contribution >= 4 is 20.3 Å². The Morgan fingerprint density at radius 1 is 0.923 bits per heavy atom. The van der Waals surface area contributed by atoms with Gasteiger partial charge in [0.25, 0.3) is 8.32 Å². The third kappa shape index (κ3) is 6.59. The minimum absolute atomic E-state index is 0.0867. The van der Waals surface area contributed by atoms with Crippen molar-refractivity contribution < 1.29 is 18.8 Å². The van der Waals surface area contributed by atoms with Gasteiger partial charge in [0, 0.05) is 0 Å². The standard InChI is InChI=1S/C21H34O4Si/c1-7-8-9-10-13-16-24-19(22)17-14-11-12-15-18(17)20(23)25-26(5,6)21(2,3)4/h11-12,14-15H,7-10,13,16H2,1-6H3. The fraction of sp³-hybridized carbons (Fsp3) is 0.619. The molecule has 0 radical (unpaired) electrons. The van der Waals surface area contributed by atoms with Crippen molar-refractivity contribution in [3.63, 3.8) is 0 Å². The fourth-order valence-corrected chi connectivity index (χ4v) is 3.11. The van der Waals surface area contributed by atoms with Gasteiger partial charge in [0.1, 0.15) is 0 Å². The molecule has 26 heavy (non-hydrogen) atoms. The summed E-state index contributed by atoms with van der Waals surface area (Å²) < 4.78 is 11.2. The van der Waals surface area contributed by atoms with Crippen molar-refractivity contribution in [2.24, 2.45) is 0 Å². The average molecular weight is 379 g/mol. The summed E-state index contributed by atoms with van der Waals surface area (Å²) >= 11 is 0. The van der Waals surface area contributed by atoms with Gasteiger partial charge >= 0.3 is 11.9 Å². The number of hydrogen-bond donors (Lipinski definition) is 0. The summed E-state index contributed by atoms with van der Waals surface area (Å²) in [5, 5.41) is -0.0867. The van der Waals surface area contributed by atoms with Crippen LogP contribution in [0.4, 0.5) is 0 Å². The number of ether oxygens (including phenoxy) is 1. The molecule has 0 heterocycles. The van der Waals surface area contributed by atoms with E-state index in [0.29, 0.717) is 6.61 Å². The molecule has 0 bridgehead atoms. The molecule has 0 aliphatic rings. The summed E-state index contributed by atoms with van der Waals surface area (Å²) in [6.45, 7) is 12.8. The van der Waals surface area contributed by atoms with E-state index in [0.717, 1.165) is 19.3 Å². The Hall–Kier alpha value is -1.62. The van der Waals surface area contributed by atoms with Crippen molar-refractivity contribution in [3.8, 4) is 0 Å². The molecule has 0 unspecified atom stereocenters. The molecule has 0 aromatic heterocycles. The monoisotopic (exact) mass is 378 g/mol. The molecule has 0 saturated carbocycles. The molecule has 0 atom stereocenters. The maximum absolute atomic E-state index is 12.7. The Labute approximate surface area is 159 Å². The van der Waals surface area contributed by atoms with E-state index < -0.39 is 20.3 Å². The maximum atomic E-state index is 12.7. The van der Waals surface area contributed by atoms with Crippen LogP contribution in [0.1, 0.15) is 80.5 Å². The molecule has 0 saturated heterocycles. The van der Waals surface area contributed by atoms with Gasteiger partial charge in [-0.25, -0.2) is 9.59 Å². The molecule has 0 spiro atoms. The average Bonchev–Trinajstić information content (AvgIpc) is 2.56. The number of carbonyl (C=O) groups excluding carboxylic acids is 2. The summed E-state index contributed by atoms with van der Waals surface area (Å²) in [5.74, 6) is -0.893. The van der Waals surface area contributed by atoms with Crippen LogP contribution in [0.2, 0.25) is 18.1 Å². The molecule has 0 aliphatic carbocycles. The second kappa shape index (κ2) is 9.90. The molecule has 0 N–H and O–H groups in total. The van der Waals surface area contributed by atoms with Gasteiger partial charge in [-0.2, -0.15) is 0 Å². The van der Waals surface area contributed by atoms with Crippen molar-refractivity contribution in [1.82, 2.24) is 0 Å². The second-order valence-corrected chi connectivity index (χ2v) is 13.0. The summed E-state index contributed by atoms with van der Waals surface area (Å²) in [4.78, 5) is 25.1. The number of unbranched alkanes of at least 4 members (excludes halogenated alkanes) is 4. The zero-order valence-electron chi connectivity index (χ0n) is 17.2. The molecule has 0 aliphatic heterocycles. The van der Waals surface area contributed by atoms with Crippen molar-refractivity contribution in [2.75, 3.05) is 6.61 Å². The van der Waals surface area contributed by atoms with E-state index in [4.69, 9.17) is 9.16 Å². The lowest BCUT2D eigenvalue weighted by molar-refractivity contribution is 0.0488. The highest BCUT2D eigenvalue weighted by atomic mass is 28.4. The van der Waals surface area contributed by atoms with Gasteiger partial charge in [-0.1, -0.05) is 65.5 Å². The third-order valence-corrected chi connectivity index (χ3v) is 9.31. The number of benzene rings is 1. The molecule has 4 nitrogen and oxygen atoms in total. The Balaban J connectivity index is 2.75. The van der Waals surface area contributed by atoms with Crippen molar-refractivity contribution in [2.45, 2.75) is 77.9 Å². The van der Waals surface area contributed by atoms with Crippen LogP contribution in [0.3, 0.4) is 0 Å². The third-order valence-electron chi connectivity index (χ3n) is 5.00. The summed E-state index contributed by atoms with van der Waals surface area (Å²) in [5.41, 5.74) is 0.568. The van der Waals surface area contributed by atoms with Crippen LogP contribution in [0, 0.1) is 0 Å². The van der Waals surface area contributed by atoms with Gasteiger partial charge in [-0.05, 0) is 36.7 Å². The number of esters is 1. The van der Waals surface area contributed by atoms with Crippen LogP contribution in [-0.2, 0) is 9.16 Å². The maximum Gasteiger partial charge on any atom is 0.339 e. The smallest absolute Gasteiger partial charge is 0.339 e. The normalized spacial score (nSPS) is 11.9. The number of carbonyl (C=O) groups is 2. The van der Waals surface area contributed by atoms with E-state index >= 15 is 0 Å². The van der Waals surface area contributed by atoms with Crippen LogP contribution < -0.4 is 0 Å². The van der Waals surface area contributed by atoms with E-state index in [1.165, 1.54) is 12.8 Å². The summed E-state index contributed by atoms with van der Waals surface area (Å²) in [7, 11) is -2.25. The first kappa shape index (κ1) is 22.4. The lowest BCUT2D eigenvalue weighted by atomic mass is 10.1. The van der Waals surface area contributed by atoms with E-state index in [-0.39, 0.29) is 16.2 Å². The lowest BCUT2D eigenvalue weighted by Gasteiger charge is -2.35. The molecular weight excluding hydrogens is 344 g/mol. The van der Waals surface area contributed by atoms with Crippen LogP contribution in [-0.4, -0.2) is 26.9 Å². The van der Waals surface area contributed by atoms with E-state index in [1.807, 2.05) is 13.1 Å². The van der Waals surface area contributed by atoms with Crippen LogP contribution >= 0.6 is 0 Å². The molecule has 0 amide bonds. The van der Waals surface area contributed by atoms with Crippen molar-refractivity contribution in [3.05, 3.63) is 35.4 Å². The molecule has 0 fully saturated rings. The minimum atomic E-state index is -2.25. The van der Waals surface area contributed by atoms with Gasteiger partial charge in [-0.3, -0.25) is 0 Å². The highest BCUT2D eigenvalue weighted by Crippen LogP contribution is 2.37. The Kier molecular flexibility index (Phi) is 8.54. The van der Waals surface area contributed by atoms with Crippen molar-refractivity contribution in [1.29, 1.82) is 0 Å². The zero-order chi connectivity index (χ0) is 19.8. The molecule has 1 aromatic carbocycles. The first-order valence-electron chi connectivity index (χ1n) is 9.59. The largest absolute Gasteiger partial charge is 0.516 e. The van der Waals surface area contributed by atoms with Gasteiger partial charge < -0.3 is 9.16 Å². The Morgan fingerprint density at radius 3 is 2.00 bits per heavy atom. The first-order chi connectivity index (χ1) is 12.1. The topological polar surface area (TPSA) is 52.6 Å². The summed E-state index contributed by atoms with van der Waals surface area (Å²) in [6.07, 6.45) is 5.45. The Bertz CT molecular complexity index is 602. The first-order valence-corrected chi connectivity index (χ1v) is 12.5. The van der Waals surface area contributed by atoms with E-state index in [9.17, 15) is 9.59 Å². The number of rotatable bonds is 9. The van der Waals surface area contributed by atoms with E-state index in [1.54, 1.807) is 24.3 Å². The SMILES string of the molecule is CCCCCCCOC(=O)c1ccccc1C(=O)O[Si](C)(C)C(C)(C)C. The highest BCUT2D eigenvalue weighted by Gasteiger charge is 2.41. The fourth-order valence-electron chi connectivity index (χ4n) is 2.23. The second-order valence-electron chi connectivity index (χ2n) is 8.25. The van der Waals surface area contributed by atoms with Crippen LogP contribution in [0.5, 0.6) is 0 Å². The quantitative estimate of drug-likeness (QED) is 0.301. The predicted molar refractivity (Wildman–Crippen MR) is 108 cm³/mol. The van der Waals surface area contributed by atoms with Gasteiger partial charge in [-0.15, -0.1) is 0 Å². The predicted octanol–water partition coefficient (Wildman–Crippen LogP) is 5.98. The van der Waals surface area contributed by atoms with E-state index in [2.05, 4.69) is 27.7 Å². The summed E-state index contributed by atoms with van der Waals surface area (Å²) in [6, 6.07) is 6.74. The zero-order valence-corrected chi connectivity index (χ0v) is 18.2.